The molecule has 1 aromatic rings. The van der Waals surface area contributed by atoms with Crippen LogP contribution in [0, 0.1) is 5.82 Å². The smallest absolute Gasteiger partial charge is 0.494 e. The van der Waals surface area contributed by atoms with Crippen LogP contribution in [0.15, 0.2) is 18.2 Å². The van der Waals surface area contributed by atoms with Gasteiger partial charge < -0.3 is 17.7 Å². The van der Waals surface area contributed by atoms with Crippen molar-refractivity contribution in [3.8, 4) is 5.75 Å². The molecule has 0 aliphatic heterocycles. The van der Waals surface area contributed by atoms with E-state index in [0.29, 0.717) is 19.1 Å². The Bertz CT molecular complexity index is 337. The van der Waals surface area contributed by atoms with Crippen LogP contribution < -0.4 is 10.2 Å². The van der Waals surface area contributed by atoms with Crippen molar-refractivity contribution < 1.29 is 22.1 Å². The van der Waals surface area contributed by atoms with Crippen LogP contribution in [0.25, 0.3) is 0 Å². The van der Waals surface area contributed by atoms with Crippen molar-refractivity contribution in [3.63, 3.8) is 0 Å². The summed E-state index contributed by atoms with van der Waals surface area (Å²) in [4.78, 5) is 0. The third-order valence-corrected chi connectivity index (χ3v) is 1.80. The minimum atomic E-state index is -5.29. The molecule has 0 atom stereocenters. The molecule has 6 heteroatoms. The van der Waals surface area contributed by atoms with E-state index in [1.807, 2.05) is 6.92 Å². The van der Waals surface area contributed by atoms with Crippen LogP contribution >= 0.6 is 0 Å². The Morgan fingerprint density at radius 2 is 1.93 bits per heavy atom. The predicted molar refractivity (Wildman–Crippen MR) is 50.9 cm³/mol. The molecule has 0 heterocycles. The summed E-state index contributed by atoms with van der Waals surface area (Å²) in [6.07, 6.45) is 0.715. The minimum Gasteiger partial charge on any atom is -0.494 e. The lowest BCUT2D eigenvalue weighted by atomic mass is 9.80. The van der Waals surface area contributed by atoms with Gasteiger partial charge in [0, 0.05) is 6.07 Å². The first-order chi connectivity index (χ1) is 6.95. The van der Waals surface area contributed by atoms with Crippen molar-refractivity contribution in [2.24, 2.45) is 0 Å². The summed E-state index contributed by atoms with van der Waals surface area (Å²) in [5.74, 6) is -1.16. The Hall–Kier alpha value is -1.20. The van der Waals surface area contributed by atoms with Gasteiger partial charge in [0.15, 0.2) is 0 Å². The molecule has 0 aromatic heterocycles. The highest BCUT2D eigenvalue weighted by Gasteiger charge is 2.28. The maximum atomic E-state index is 13.0. The Labute approximate surface area is 85.1 Å². The van der Waals surface area contributed by atoms with Crippen molar-refractivity contribution in [1.29, 1.82) is 0 Å². The summed E-state index contributed by atoms with van der Waals surface area (Å²) in [6.45, 7) is -3.08. The Balaban J connectivity index is 2.89. The zero-order valence-electron chi connectivity index (χ0n) is 8.14. The molecule has 0 saturated heterocycles. The van der Waals surface area contributed by atoms with Gasteiger partial charge in [0.25, 0.3) is 0 Å². The molecular formula is C9H10BF4O-. The van der Waals surface area contributed by atoms with Gasteiger partial charge in [0.1, 0.15) is 5.75 Å². The van der Waals surface area contributed by atoms with E-state index < -0.39 is 18.3 Å². The fraction of sp³-hybridized carbons (Fsp3) is 0.333. The van der Waals surface area contributed by atoms with Gasteiger partial charge in [-0.25, -0.2) is 4.39 Å². The summed E-state index contributed by atoms with van der Waals surface area (Å²) in [5, 5.41) is 0. The van der Waals surface area contributed by atoms with Crippen LogP contribution in [0.1, 0.15) is 13.3 Å². The molecule has 0 bridgehead atoms. The topological polar surface area (TPSA) is 9.23 Å². The molecule has 15 heavy (non-hydrogen) atoms. The van der Waals surface area contributed by atoms with E-state index in [-0.39, 0.29) is 5.75 Å². The van der Waals surface area contributed by atoms with E-state index in [9.17, 15) is 17.3 Å². The molecule has 0 spiro atoms. The molecule has 0 aliphatic carbocycles. The highest BCUT2D eigenvalue weighted by Crippen LogP contribution is 2.16. The fourth-order valence-corrected chi connectivity index (χ4v) is 1.08. The average molecular weight is 221 g/mol. The van der Waals surface area contributed by atoms with E-state index in [4.69, 9.17) is 4.74 Å². The first-order valence-corrected chi connectivity index (χ1v) is 4.57. The summed E-state index contributed by atoms with van der Waals surface area (Å²) < 4.78 is 54.6. The van der Waals surface area contributed by atoms with Crippen LogP contribution in [0.5, 0.6) is 5.75 Å². The molecular weight excluding hydrogens is 211 g/mol. The maximum absolute atomic E-state index is 13.0. The lowest BCUT2D eigenvalue weighted by molar-refractivity contribution is 0.316. The summed E-state index contributed by atoms with van der Waals surface area (Å²) in [7, 11) is 0. The number of ether oxygens (including phenoxy) is 1. The van der Waals surface area contributed by atoms with Crippen molar-refractivity contribution in [2.75, 3.05) is 6.61 Å². The number of rotatable bonds is 4. The predicted octanol–water partition coefficient (Wildman–Crippen LogP) is 2.67. The lowest BCUT2D eigenvalue weighted by Gasteiger charge is -2.16. The van der Waals surface area contributed by atoms with E-state index in [2.05, 4.69) is 0 Å². The Morgan fingerprint density at radius 1 is 1.27 bits per heavy atom. The highest BCUT2D eigenvalue weighted by atomic mass is 19.4. The normalized spacial score (nSPS) is 11.5. The van der Waals surface area contributed by atoms with Crippen LogP contribution in [0.2, 0.25) is 0 Å². The maximum Gasteiger partial charge on any atom is 0.512 e. The standard InChI is InChI=1S/C9H10BF4O/c1-2-5-15-7-3-4-8(9(11)6-7)10(12,13)14/h3-4,6H,2,5H2,1H3/q-1. The zero-order chi connectivity index (χ0) is 11.5. The van der Waals surface area contributed by atoms with Gasteiger partial charge in [-0.3, -0.25) is 0 Å². The van der Waals surface area contributed by atoms with Crippen molar-refractivity contribution >= 4 is 12.4 Å². The molecule has 0 N–H and O–H groups in total. The van der Waals surface area contributed by atoms with Crippen LogP contribution in [0.4, 0.5) is 17.3 Å². The molecule has 0 fully saturated rings. The third-order valence-electron chi connectivity index (χ3n) is 1.80. The van der Waals surface area contributed by atoms with Crippen molar-refractivity contribution in [3.05, 3.63) is 24.0 Å². The molecule has 1 rings (SSSR count). The molecule has 0 amide bonds. The van der Waals surface area contributed by atoms with Gasteiger partial charge in [0.05, 0.1) is 12.4 Å². The number of hydrogen-bond donors (Lipinski definition) is 0. The fourth-order valence-electron chi connectivity index (χ4n) is 1.08. The van der Waals surface area contributed by atoms with Crippen LogP contribution in [0.3, 0.4) is 0 Å². The van der Waals surface area contributed by atoms with Crippen LogP contribution in [-0.2, 0) is 0 Å². The van der Waals surface area contributed by atoms with Crippen LogP contribution in [-0.4, -0.2) is 13.6 Å². The van der Waals surface area contributed by atoms with Gasteiger partial charge >= 0.3 is 6.98 Å². The number of halogens is 4. The number of benzene rings is 1. The van der Waals surface area contributed by atoms with Gasteiger partial charge in [0.2, 0.25) is 0 Å². The SMILES string of the molecule is CCCOc1ccc([B-](F)(F)F)c(F)c1. The van der Waals surface area contributed by atoms with E-state index in [1.165, 1.54) is 0 Å². The Kier molecular flexibility index (Phi) is 3.60. The summed E-state index contributed by atoms with van der Waals surface area (Å²) >= 11 is 0. The molecule has 1 nitrogen and oxygen atoms in total. The van der Waals surface area contributed by atoms with Gasteiger partial charge in [-0.1, -0.05) is 18.5 Å². The highest BCUT2D eigenvalue weighted by molar-refractivity contribution is 6.73. The average Bonchev–Trinajstić information content (AvgIpc) is 2.12. The van der Waals surface area contributed by atoms with E-state index in [0.717, 1.165) is 12.1 Å². The van der Waals surface area contributed by atoms with E-state index in [1.54, 1.807) is 0 Å². The molecule has 0 aliphatic rings. The Morgan fingerprint density at radius 3 is 2.40 bits per heavy atom. The monoisotopic (exact) mass is 221 g/mol. The lowest BCUT2D eigenvalue weighted by Crippen LogP contribution is -2.36. The second kappa shape index (κ2) is 4.55. The second-order valence-electron chi connectivity index (χ2n) is 3.11. The quantitative estimate of drug-likeness (QED) is 0.560. The first kappa shape index (κ1) is 11.9. The van der Waals surface area contributed by atoms with Crippen molar-refractivity contribution in [1.82, 2.24) is 0 Å². The van der Waals surface area contributed by atoms with Gasteiger partial charge in [-0.2, -0.15) is 0 Å². The first-order valence-electron chi connectivity index (χ1n) is 4.57. The molecule has 0 unspecified atom stereocenters. The molecule has 1 aromatic carbocycles. The van der Waals surface area contributed by atoms with Gasteiger partial charge in [-0.15, -0.1) is 0 Å². The summed E-state index contributed by atoms with van der Waals surface area (Å²) in [5.41, 5.74) is -1.21. The molecule has 84 valence electrons. The summed E-state index contributed by atoms with van der Waals surface area (Å²) in [6, 6.07) is 2.60. The second-order valence-corrected chi connectivity index (χ2v) is 3.11. The largest absolute Gasteiger partial charge is 0.512 e. The van der Waals surface area contributed by atoms with E-state index >= 15 is 0 Å². The van der Waals surface area contributed by atoms with Crippen molar-refractivity contribution in [2.45, 2.75) is 13.3 Å². The molecule has 0 radical (unpaired) electrons. The third kappa shape index (κ3) is 3.14. The van der Waals surface area contributed by atoms with Gasteiger partial charge in [-0.05, 0) is 12.5 Å². The number of hydrogen-bond acceptors (Lipinski definition) is 1. The molecule has 0 saturated carbocycles. The zero-order valence-corrected chi connectivity index (χ0v) is 8.14. The minimum absolute atomic E-state index is 0.123.